The molecule has 0 aliphatic carbocycles. The molecule has 8 nitrogen and oxygen atoms in total. The first-order valence-electron chi connectivity index (χ1n) is 10.0. The normalized spacial score (nSPS) is 14.6. The molecule has 3 rings (SSSR count). The Morgan fingerprint density at radius 3 is 2.76 bits per heavy atom. The summed E-state index contributed by atoms with van der Waals surface area (Å²) in [5, 5.41) is 13.1. The topological polar surface area (TPSA) is 100 Å². The summed E-state index contributed by atoms with van der Waals surface area (Å²) < 4.78 is 7.45. The quantitative estimate of drug-likeness (QED) is 0.549. The van der Waals surface area contributed by atoms with Crippen LogP contribution in [0.4, 0.5) is 11.5 Å². The molecule has 0 saturated carbocycles. The molecule has 2 heterocycles. The summed E-state index contributed by atoms with van der Waals surface area (Å²) in [5.74, 6) is 1.61. The van der Waals surface area contributed by atoms with E-state index in [-0.39, 0.29) is 19.1 Å². The molecule has 3 N–H and O–H groups in total. The van der Waals surface area contributed by atoms with Gasteiger partial charge in [0, 0.05) is 45.4 Å². The van der Waals surface area contributed by atoms with Crippen molar-refractivity contribution in [3.63, 3.8) is 0 Å². The predicted octanol–water partition coefficient (Wildman–Crippen LogP) is 2.51. The minimum atomic E-state index is 0. The summed E-state index contributed by atoms with van der Waals surface area (Å²) in [7, 11) is 1.83. The van der Waals surface area contributed by atoms with Gasteiger partial charge in [0.15, 0.2) is 0 Å². The number of anilines is 2. The maximum absolute atomic E-state index is 12.4. The molecule has 0 spiro atoms. The lowest BCUT2D eigenvalue weighted by molar-refractivity contribution is -0.131. The number of aromatic nitrogens is 2. The van der Waals surface area contributed by atoms with Crippen LogP contribution in [0.2, 0.25) is 0 Å². The summed E-state index contributed by atoms with van der Waals surface area (Å²) in [6.45, 7) is 8.55. The number of aryl methyl sites for hydroxylation is 1. The van der Waals surface area contributed by atoms with Gasteiger partial charge >= 0.3 is 0 Å². The van der Waals surface area contributed by atoms with Crippen LogP contribution in [0.5, 0.6) is 5.75 Å². The summed E-state index contributed by atoms with van der Waals surface area (Å²) in [5.41, 5.74) is 7.94. The van der Waals surface area contributed by atoms with Gasteiger partial charge in [0.05, 0.1) is 18.4 Å². The number of nitrogens with one attached hydrogen (secondary N) is 1. The number of nitrogens with two attached hydrogens (primary N) is 1. The standard InChI is InChI=1S/C21H30N6O2.H2/c1-5-8-26-9-10-27(13-20(26)28)19-12-18(24-25(19)4)21(23)16-11-15(29-14(2)3)6-7-17(16)22;/h6-7,11-12,14,23H,5,8-10,13,22H2,1-4H3;1H. The van der Waals surface area contributed by atoms with Crippen LogP contribution in [0.15, 0.2) is 24.3 Å². The number of ether oxygens (including phenoxy) is 1. The van der Waals surface area contributed by atoms with Gasteiger partial charge in [-0.15, -0.1) is 0 Å². The Hall–Kier alpha value is -3.03. The molecule has 29 heavy (non-hydrogen) atoms. The molecule has 1 amide bonds. The molecule has 8 heteroatoms. The molecule has 0 unspecified atom stereocenters. The van der Waals surface area contributed by atoms with E-state index in [0.29, 0.717) is 35.8 Å². The number of piperazine rings is 1. The second kappa shape index (κ2) is 8.55. The summed E-state index contributed by atoms with van der Waals surface area (Å²) in [4.78, 5) is 16.3. The Morgan fingerprint density at radius 1 is 1.34 bits per heavy atom. The van der Waals surface area contributed by atoms with Crippen molar-refractivity contribution in [1.29, 1.82) is 5.41 Å². The van der Waals surface area contributed by atoms with Crippen LogP contribution in [0, 0.1) is 5.41 Å². The fourth-order valence-electron chi connectivity index (χ4n) is 3.52. The monoisotopic (exact) mass is 400 g/mol. The molecule has 1 aromatic heterocycles. The second-order valence-electron chi connectivity index (χ2n) is 7.60. The highest BCUT2D eigenvalue weighted by Crippen LogP contribution is 2.25. The zero-order chi connectivity index (χ0) is 21.1. The first kappa shape index (κ1) is 20.7. The van der Waals surface area contributed by atoms with Gasteiger partial charge in [-0.2, -0.15) is 5.10 Å². The third kappa shape index (κ3) is 4.52. The van der Waals surface area contributed by atoms with Crippen molar-refractivity contribution in [2.45, 2.75) is 33.3 Å². The summed E-state index contributed by atoms with van der Waals surface area (Å²) in [6, 6.07) is 7.17. The van der Waals surface area contributed by atoms with Crippen LogP contribution in [0.25, 0.3) is 0 Å². The Labute approximate surface area is 173 Å². The van der Waals surface area contributed by atoms with Gasteiger partial charge in [-0.1, -0.05) is 6.92 Å². The van der Waals surface area contributed by atoms with E-state index in [1.54, 1.807) is 22.9 Å². The van der Waals surface area contributed by atoms with E-state index >= 15 is 0 Å². The van der Waals surface area contributed by atoms with Crippen molar-refractivity contribution in [1.82, 2.24) is 14.7 Å². The van der Waals surface area contributed by atoms with Gasteiger partial charge in [-0.25, -0.2) is 0 Å². The van der Waals surface area contributed by atoms with Gasteiger partial charge in [0.2, 0.25) is 5.91 Å². The number of carbonyl (C=O) groups is 1. The van der Waals surface area contributed by atoms with E-state index in [2.05, 4.69) is 12.0 Å². The smallest absolute Gasteiger partial charge is 0.242 e. The van der Waals surface area contributed by atoms with Gasteiger partial charge in [-0.3, -0.25) is 14.9 Å². The summed E-state index contributed by atoms with van der Waals surface area (Å²) >= 11 is 0. The van der Waals surface area contributed by atoms with Crippen LogP contribution in [-0.4, -0.2) is 58.6 Å². The van der Waals surface area contributed by atoms with Crippen LogP contribution in [0.3, 0.4) is 0 Å². The van der Waals surface area contributed by atoms with Crippen molar-refractivity contribution in [2.75, 3.05) is 36.8 Å². The van der Waals surface area contributed by atoms with Gasteiger partial charge in [0.1, 0.15) is 17.3 Å². The third-order valence-electron chi connectivity index (χ3n) is 4.91. The Morgan fingerprint density at radius 2 is 2.10 bits per heavy atom. The number of nitrogens with zero attached hydrogens (tertiary/aromatic N) is 4. The molecule has 1 aromatic carbocycles. The second-order valence-corrected chi connectivity index (χ2v) is 7.60. The Balaban J connectivity index is 0.00000320. The van der Waals surface area contributed by atoms with Crippen LogP contribution >= 0.6 is 0 Å². The maximum Gasteiger partial charge on any atom is 0.242 e. The SMILES string of the molecule is CCCN1CCN(c2cc(C(=N)c3cc(OC(C)C)ccc3N)nn2C)CC1=O.[HH]. The lowest BCUT2D eigenvalue weighted by atomic mass is 10.0. The number of rotatable bonds is 7. The zero-order valence-electron chi connectivity index (χ0n) is 17.6. The average Bonchev–Trinajstić information content (AvgIpc) is 3.06. The highest BCUT2D eigenvalue weighted by Gasteiger charge is 2.26. The lowest BCUT2D eigenvalue weighted by Crippen LogP contribution is -2.51. The van der Waals surface area contributed by atoms with E-state index in [1.807, 2.05) is 36.8 Å². The molecular weight excluding hydrogens is 368 g/mol. The molecule has 0 bridgehead atoms. The van der Waals surface area contributed by atoms with E-state index in [4.69, 9.17) is 15.9 Å². The number of hydrogen-bond donors (Lipinski definition) is 2. The van der Waals surface area contributed by atoms with Gasteiger partial charge < -0.3 is 20.3 Å². The molecule has 1 saturated heterocycles. The minimum Gasteiger partial charge on any atom is -0.491 e. The molecule has 1 aliphatic rings. The van der Waals surface area contributed by atoms with Crippen molar-refractivity contribution in [3.8, 4) is 5.75 Å². The Bertz CT molecular complexity index is 911. The molecule has 1 fully saturated rings. The molecular formula is C21H32N6O2. The van der Waals surface area contributed by atoms with Gasteiger partial charge in [-0.05, 0) is 38.5 Å². The van der Waals surface area contributed by atoms with Crippen molar-refractivity contribution >= 4 is 23.1 Å². The molecule has 158 valence electrons. The first-order chi connectivity index (χ1) is 13.8. The van der Waals surface area contributed by atoms with Crippen LogP contribution in [0.1, 0.15) is 39.9 Å². The van der Waals surface area contributed by atoms with Crippen molar-refractivity contribution < 1.29 is 11.0 Å². The van der Waals surface area contributed by atoms with Crippen LogP contribution < -0.4 is 15.4 Å². The Kier molecular flexibility index (Phi) is 6.10. The van der Waals surface area contributed by atoms with Crippen molar-refractivity contribution in [3.05, 3.63) is 35.5 Å². The number of nitrogen functional groups attached to an aromatic ring is 1. The van der Waals surface area contributed by atoms with E-state index in [0.717, 1.165) is 25.3 Å². The third-order valence-corrected chi connectivity index (χ3v) is 4.91. The molecule has 0 atom stereocenters. The van der Waals surface area contributed by atoms with E-state index in [9.17, 15) is 4.79 Å². The predicted molar refractivity (Wildman–Crippen MR) is 117 cm³/mol. The number of benzene rings is 1. The minimum absolute atomic E-state index is 0. The molecule has 1 aliphatic heterocycles. The zero-order valence-corrected chi connectivity index (χ0v) is 17.6. The average molecular weight is 401 g/mol. The highest BCUT2D eigenvalue weighted by atomic mass is 16.5. The van der Waals surface area contributed by atoms with E-state index < -0.39 is 0 Å². The largest absolute Gasteiger partial charge is 0.491 e. The first-order valence-corrected chi connectivity index (χ1v) is 10.0. The highest BCUT2D eigenvalue weighted by molar-refractivity contribution is 6.13. The van der Waals surface area contributed by atoms with Crippen molar-refractivity contribution in [2.24, 2.45) is 7.05 Å². The van der Waals surface area contributed by atoms with Gasteiger partial charge in [0.25, 0.3) is 0 Å². The summed E-state index contributed by atoms with van der Waals surface area (Å²) in [6.07, 6.45) is 0.991. The fourth-order valence-corrected chi connectivity index (χ4v) is 3.52. The lowest BCUT2D eigenvalue weighted by Gasteiger charge is -2.35. The van der Waals surface area contributed by atoms with E-state index in [1.165, 1.54) is 0 Å². The molecule has 2 aromatic rings. The number of hydrogen-bond acceptors (Lipinski definition) is 6. The maximum atomic E-state index is 12.4. The fraction of sp³-hybridized carbons (Fsp3) is 0.476. The van der Waals surface area contributed by atoms with Crippen LogP contribution in [-0.2, 0) is 11.8 Å². The number of carbonyl (C=O) groups excluding carboxylic acids is 1. The number of amides is 1. The molecule has 0 radical (unpaired) electrons.